The molecule has 2 N–H and O–H groups in total. The van der Waals surface area contributed by atoms with Gasteiger partial charge in [0.2, 0.25) is 0 Å². The van der Waals surface area contributed by atoms with Crippen LogP contribution in [0.25, 0.3) is 0 Å². The predicted octanol–water partition coefficient (Wildman–Crippen LogP) is 4.20. The van der Waals surface area contributed by atoms with Crippen molar-refractivity contribution in [1.29, 1.82) is 0 Å². The lowest BCUT2D eigenvalue weighted by molar-refractivity contribution is 0.395. The Bertz CT molecular complexity index is 593. The normalized spacial score (nSPS) is 10.5. The average molecular weight is 375 g/mol. The molecule has 0 radical (unpaired) electrons. The third-order valence-corrected chi connectivity index (χ3v) is 3.42. The van der Waals surface area contributed by atoms with Crippen molar-refractivity contribution in [2.24, 2.45) is 0 Å². The first-order chi connectivity index (χ1) is 8.97. The third kappa shape index (κ3) is 3.34. The van der Waals surface area contributed by atoms with Crippen molar-refractivity contribution in [3.8, 4) is 5.75 Å². The van der Waals surface area contributed by atoms with Crippen molar-refractivity contribution in [1.82, 2.24) is 0 Å². The highest BCUT2D eigenvalue weighted by Gasteiger charge is 2.09. The largest absolute Gasteiger partial charge is 0.503 e. The number of hydrogen-bond acceptors (Lipinski definition) is 2. The number of benzene rings is 2. The van der Waals surface area contributed by atoms with Crippen LogP contribution in [0.4, 0.5) is 14.5 Å². The van der Waals surface area contributed by atoms with Crippen molar-refractivity contribution in [3.63, 3.8) is 0 Å². The van der Waals surface area contributed by atoms with E-state index in [1.807, 2.05) is 25.1 Å². The van der Waals surface area contributed by atoms with E-state index in [1.165, 1.54) is 0 Å². The van der Waals surface area contributed by atoms with Crippen molar-refractivity contribution < 1.29 is 13.9 Å². The summed E-state index contributed by atoms with van der Waals surface area (Å²) >= 11 is 2.22. The van der Waals surface area contributed by atoms with Crippen LogP contribution in [0.1, 0.15) is 11.1 Å². The fourth-order valence-electron chi connectivity index (χ4n) is 1.74. The Balaban J connectivity index is 2.14. The minimum absolute atomic E-state index is 0.287. The smallest absolute Gasteiger partial charge is 0.187 e. The molecule has 0 atom stereocenters. The van der Waals surface area contributed by atoms with E-state index in [2.05, 4.69) is 27.9 Å². The first-order valence-corrected chi connectivity index (χ1v) is 6.72. The van der Waals surface area contributed by atoms with Gasteiger partial charge < -0.3 is 10.4 Å². The van der Waals surface area contributed by atoms with Crippen LogP contribution in [0.5, 0.6) is 5.75 Å². The fraction of sp³-hybridized carbons (Fsp3) is 0.143. The quantitative estimate of drug-likeness (QED) is 0.789. The van der Waals surface area contributed by atoms with Crippen LogP contribution in [-0.2, 0) is 6.54 Å². The molecule has 0 aliphatic carbocycles. The number of anilines is 1. The maximum atomic E-state index is 13.2. The monoisotopic (exact) mass is 375 g/mol. The molecule has 100 valence electrons. The minimum Gasteiger partial charge on any atom is -0.503 e. The van der Waals surface area contributed by atoms with E-state index in [0.717, 1.165) is 27.0 Å². The zero-order valence-electron chi connectivity index (χ0n) is 10.2. The molecule has 0 fully saturated rings. The Morgan fingerprint density at radius 3 is 2.37 bits per heavy atom. The molecule has 0 amide bonds. The van der Waals surface area contributed by atoms with Crippen molar-refractivity contribution in [3.05, 3.63) is 56.7 Å². The zero-order valence-corrected chi connectivity index (χ0v) is 12.3. The summed E-state index contributed by atoms with van der Waals surface area (Å²) in [5.41, 5.74) is 2.41. The van der Waals surface area contributed by atoms with E-state index in [9.17, 15) is 8.78 Å². The summed E-state index contributed by atoms with van der Waals surface area (Å²) in [5, 5.41) is 12.1. The first kappa shape index (κ1) is 14.0. The second kappa shape index (κ2) is 5.73. The molecule has 0 unspecified atom stereocenters. The second-order valence-corrected chi connectivity index (χ2v) is 5.47. The van der Waals surface area contributed by atoms with E-state index in [0.29, 0.717) is 5.56 Å². The number of aryl methyl sites for hydroxylation is 1. The lowest BCUT2D eigenvalue weighted by Gasteiger charge is -2.10. The van der Waals surface area contributed by atoms with Gasteiger partial charge in [0, 0.05) is 15.8 Å². The minimum atomic E-state index is -0.948. The molecule has 0 aliphatic rings. The molecule has 2 rings (SSSR count). The van der Waals surface area contributed by atoms with E-state index < -0.39 is 17.4 Å². The topological polar surface area (TPSA) is 32.3 Å². The molecular formula is C14H12F2INO. The van der Waals surface area contributed by atoms with Crippen LogP contribution in [-0.4, -0.2) is 5.11 Å². The number of phenols is 1. The van der Waals surface area contributed by atoms with E-state index in [1.54, 1.807) is 0 Å². The molecule has 19 heavy (non-hydrogen) atoms. The van der Waals surface area contributed by atoms with Crippen molar-refractivity contribution in [2.75, 3.05) is 5.32 Å². The van der Waals surface area contributed by atoms with Crippen LogP contribution in [0, 0.1) is 22.1 Å². The second-order valence-electron chi connectivity index (χ2n) is 4.22. The molecule has 5 heteroatoms. The number of aromatic hydroxyl groups is 1. The van der Waals surface area contributed by atoms with Crippen LogP contribution >= 0.6 is 22.6 Å². The van der Waals surface area contributed by atoms with Crippen LogP contribution in [0.15, 0.2) is 30.3 Å². The van der Waals surface area contributed by atoms with Gasteiger partial charge in [0.05, 0.1) is 0 Å². The maximum Gasteiger partial charge on any atom is 0.187 e. The number of nitrogens with one attached hydrogen (secondary N) is 1. The molecule has 0 aromatic heterocycles. The highest BCUT2D eigenvalue weighted by Crippen LogP contribution is 2.23. The Morgan fingerprint density at radius 2 is 1.79 bits per heavy atom. The molecule has 2 nitrogen and oxygen atoms in total. The zero-order chi connectivity index (χ0) is 14.0. The highest BCUT2D eigenvalue weighted by molar-refractivity contribution is 14.1. The van der Waals surface area contributed by atoms with E-state index >= 15 is 0 Å². The summed E-state index contributed by atoms with van der Waals surface area (Å²) < 4.78 is 27.5. The highest BCUT2D eigenvalue weighted by atomic mass is 127. The van der Waals surface area contributed by atoms with Gasteiger partial charge in [0.1, 0.15) is 0 Å². The van der Waals surface area contributed by atoms with Gasteiger partial charge in [0.15, 0.2) is 17.4 Å². The summed E-state index contributed by atoms with van der Waals surface area (Å²) in [5.74, 6) is -2.83. The van der Waals surface area contributed by atoms with Gasteiger partial charge in [-0.1, -0.05) is 0 Å². The summed E-state index contributed by atoms with van der Waals surface area (Å²) in [4.78, 5) is 0. The summed E-state index contributed by atoms with van der Waals surface area (Å²) in [6.45, 7) is 2.25. The van der Waals surface area contributed by atoms with Gasteiger partial charge in [-0.25, -0.2) is 8.78 Å². The Morgan fingerprint density at radius 1 is 1.16 bits per heavy atom. The Hall–Kier alpha value is -1.37. The summed E-state index contributed by atoms with van der Waals surface area (Å²) in [6.07, 6.45) is 0. The van der Waals surface area contributed by atoms with Crippen LogP contribution < -0.4 is 5.32 Å². The lowest BCUT2D eigenvalue weighted by Crippen LogP contribution is -2.02. The van der Waals surface area contributed by atoms with E-state index in [-0.39, 0.29) is 6.54 Å². The number of hydrogen-bond donors (Lipinski definition) is 2. The van der Waals surface area contributed by atoms with Crippen molar-refractivity contribution >= 4 is 28.3 Å². The predicted molar refractivity (Wildman–Crippen MR) is 79.2 cm³/mol. The summed E-state index contributed by atoms with van der Waals surface area (Å²) in [6, 6.07) is 8.12. The lowest BCUT2D eigenvalue weighted by atomic mass is 10.1. The van der Waals surface area contributed by atoms with Gasteiger partial charge >= 0.3 is 0 Å². The molecule has 2 aromatic rings. The fourth-order valence-corrected chi connectivity index (χ4v) is 2.39. The maximum absolute atomic E-state index is 13.2. The Kier molecular flexibility index (Phi) is 4.24. The number of rotatable bonds is 3. The van der Waals surface area contributed by atoms with Crippen LogP contribution in [0.2, 0.25) is 0 Å². The molecule has 0 saturated heterocycles. The molecule has 2 aromatic carbocycles. The molecular weight excluding hydrogens is 363 g/mol. The van der Waals surface area contributed by atoms with Gasteiger partial charge in [-0.05, 0) is 71.0 Å². The molecule has 0 aliphatic heterocycles. The first-order valence-electron chi connectivity index (χ1n) is 5.64. The van der Waals surface area contributed by atoms with Crippen LogP contribution in [0.3, 0.4) is 0 Å². The molecule has 0 heterocycles. The standard InChI is InChI=1S/C14H12F2INO/c1-8-4-10(17)2-3-13(8)18-7-9-5-11(15)14(19)12(16)6-9/h2-6,18-19H,7H2,1H3. The SMILES string of the molecule is Cc1cc(I)ccc1NCc1cc(F)c(O)c(F)c1. The molecule has 0 saturated carbocycles. The van der Waals surface area contributed by atoms with Gasteiger partial charge in [-0.2, -0.15) is 0 Å². The average Bonchev–Trinajstić information content (AvgIpc) is 2.34. The Labute approximate surface area is 123 Å². The molecule has 0 spiro atoms. The van der Waals surface area contributed by atoms with Crippen molar-refractivity contribution in [2.45, 2.75) is 13.5 Å². The van der Waals surface area contributed by atoms with E-state index in [4.69, 9.17) is 5.11 Å². The van der Waals surface area contributed by atoms with Gasteiger partial charge in [0.25, 0.3) is 0 Å². The number of phenolic OH excluding ortho intramolecular Hbond substituents is 1. The third-order valence-electron chi connectivity index (χ3n) is 2.75. The number of halogens is 3. The van der Waals surface area contributed by atoms with Gasteiger partial charge in [-0.15, -0.1) is 0 Å². The van der Waals surface area contributed by atoms with Gasteiger partial charge in [-0.3, -0.25) is 0 Å². The molecule has 0 bridgehead atoms. The summed E-state index contributed by atoms with van der Waals surface area (Å²) in [7, 11) is 0.